The van der Waals surface area contributed by atoms with Crippen LogP contribution in [0.5, 0.6) is 0 Å². The van der Waals surface area contributed by atoms with Crippen LogP contribution in [0.25, 0.3) is 54.2 Å². The molecule has 0 amide bonds. The Morgan fingerprint density at radius 1 is 0.361 bits per heavy atom. The van der Waals surface area contributed by atoms with Gasteiger partial charge in [-0.2, -0.15) is 0 Å². The topological polar surface area (TPSA) is 9.72 Å². The molecule has 1 aromatic heterocycles. The number of fused-ring (bicyclic) bond motifs is 7. The summed E-state index contributed by atoms with van der Waals surface area (Å²) >= 11 is 1.95. The van der Waals surface area contributed by atoms with Crippen molar-refractivity contribution in [1.29, 1.82) is 0 Å². The number of anilines is 9. The van der Waals surface area contributed by atoms with Crippen LogP contribution in [0.2, 0.25) is 0 Å². The zero-order valence-electron chi connectivity index (χ0n) is 49.0. The molecule has 0 bridgehead atoms. The van der Waals surface area contributed by atoms with Gasteiger partial charge in [0.25, 0.3) is 6.71 Å². The minimum Gasteiger partial charge on any atom is -0.311 e. The molecule has 0 radical (unpaired) electrons. The molecule has 14 rings (SSSR count). The molecule has 0 atom stereocenters. The fraction of sp³-hybridized carbons (Fsp3) is 0.154. The van der Waals surface area contributed by atoms with Crippen LogP contribution in [0.15, 0.2) is 249 Å². The Balaban J connectivity index is 1.05. The largest absolute Gasteiger partial charge is 0.311 e. The van der Waals surface area contributed by atoms with Crippen LogP contribution in [0.1, 0.15) is 79.0 Å². The molecule has 404 valence electrons. The van der Waals surface area contributed by atoms with Crippen LogP contribution in [-0.2, 0) is 16.2 Å². The van der Waals surface area contributed by atoms with E-state index in [2.05, 4.69) is 326 Å². The summed E-state index contributed by atoms with van der Waals surface area (Å²) in [6.45, 7) is 20.6. The summed E-state index contributed by atoms with van der Waals surface area (Å²) in [6.07, 6.45) is 0. The Hall–Kier alpha value is -8.90. The lowest BCUT2D eigenvalue weighted by atomic mass is 9.36. The van der Waals surface area contributed by atoms with Crippen LogP contribution in [-0.4, -0.2) is 6.71 Å². The quantitative estimate of drug-likeness (QED) is 0.140. The molecule has 83 heavy (non-hydrogen) atoms. The maximum atomic E-state index is 2.61. The Labute approximate surface area is 494 Å². The van der Waals surface area contributed by atoms with E-state index < -0.39 is 0 Å². The molecule has 3 nitrogen and oxygen atoms in total. The Morgan fingerprint density at radius 2 is 0.880 bits per heavy atom. The van der Waals surface area contributed by atoms with E-state index in [4.69, 9.17) is 0 Å². The first-order valence-electron chi connectivity index (χ1n) is 29.3. The number of rotatable bonds is 8. The summed E-state index contributed by atoms with van der Waals surface area (Å²) in [4.78, 5) is 7.66. The van der Waals surface area contributed by atoms with E-state index in [0.29, 0.717) is 0 Å². The van der Waals surface area contributed by atoms with E-state index in [1.165, 1.54) is 92.6 Å². The Kier molecular flexibility index (Phi) is 12.5. The van der Waals surface area contributed by atoms with Gasteiger partial charge >= 0.3 is 0 Å². The molecule has 5 heteroatoms. The van der Waals surface area contributed by atoms with Crippen molar-refractivity contribution in [2.45, 2.75) is 78.6 Å². The van der Waals surface area contributed by atoms with Crippen molar-refractivity contribution >= 4 is 106 Å². The molecule has 0 unspecified atom stereocenters. The van der Waals surface area contributed by atoms with E-state index in [1.54, 1.807) is 0 Å². The molecule has 11 aromatic carbocycles. The fourth-order valence-electron chi connectivity index (χ4n) is 12.8. The highest BCUT2D eigenvalue weighted by Gasteiger charge is 2.46. The van der Waals surface area contributed by atoms with Crippen molar-refractivity contribution in [3.63, 3.8) is 0 Å². The molecule has 2 aliphatic heterocycles. The van der Waals surface area contributed by atoms with Gasteiger partial charge in [0.05, 0.1) is 11.4 Å². The Bertz CT molecular complexity index is 4370. The second-order valence-electron chi connectivity index (χ2n) is 25.8. The number of nitrogens with zero attached hydrogens (tertiary/aromatic N) is 3. The minimum atomic E-state index is -0.0678. The van der Waals surface area contributed by atoms with Gasteiger partial charge in [-0.15, -0.1) is 11.3 Å². The third kappa shape index (κ3) is 9.23. The molecule has 12 aromatic rings. The van der Waals surface area contributed by atoms with Crippen molar-refractivity contribution in [3.8, 4) is 33.4 Å². The summed E-state index contributed by atoms with van der Waals surface area (Å²) in [5, 5.41) is 3.74. The molecule has 3 heterocycles. The van der Waals surface area contributed by atoms with E-state index in [9.17, 15) is 0 Å². The normalized spacial score (nSPS) is 13.0. The first-order valence-corrected chi connectivity index (χ1v) is 30.2. The third-order valence-corrected chi connectivity index (χ3v) is 18.5. The van der Waals surface area contributed by atoms with Gasteiger partial charge in [-0.3, -0.25) is 0 Å². The van der Waals surface area contributed by atoms with Gasteiger partial charge in [-0.05, 0) is 173 Å². The average Bonchev–Trinajstić information content (AvgIpc) is 3.72. The molecule has 0 fully saturated rings. The predicted molar refractivity (Wildman–Crippen MR) is 360 cm³/mol. The lowest BCUT2D eigenvalue weighted by molar-refractivity contribution is 0.590. The summed E-state index contributed by atoms with van der Waals surface area (Å²) in [5.74, 6) is 0. The number of hydrogen-bond donors (Lipinski definition) is 0. The van der Waals surface area contributed by atoms with E-state index >= 15 is 0 Å². The summed E-state index contributed by atoms with van der Waals surface area (Å²) in [5.41, 5.74) is 24.0. The van der Waals surface area contributed by atoms with Gasteiger partial charge in [0.1, 0.15) is 0 Å². The van der Waals surface area contributed by atoms with Crippen molar-refractivity contribution in [2.24, 2.45) is 0 Å². The van der Waals surface area contributed by atoms with Gasteiger partial charge < -0.3 is 14.7 Å². The van der Waals surface area contributed by atoms with Gasteiger partial charge in [-0.25, -0.2) is 0 Å². The van der Waals surface area contributed by atoms with Crippen LogP contribution in [0.4, 0.5) is 51.2 Å². The first-order chi connectivity index (χ1) is 40.0. The number of hydrogen-bond acceptors (Lipinski definition) is 4. The monoisotopic (exact) mass is 1090 g/mol. The Morgan fingerprint density at radius 3 is 1.51 bits per heavy atom. The molecule has 0 N–H and O–H groups in total. The van der Waals surface area contributed by atoms with Crippen molar-refractivity contribution < 1.29 is 0 Å². The van der Waals surface area contributed by atoms with E-state index in [0.717, 1.165) is 45.3 Å². The maximum Gasteiger partial charge on any atom is 0.264 e. The third-order valence-electron chi connectivity index (χ3n) is 17.3. The molecule has 0 aliphatic carbocycles. The average molecular weight is 1090 g/mol. The van der Waals surface area contributed by atoms with Crippen molar-refractivity contribution in [3.05, 3.63) is 265 Å². The summed E-state index contributed by atoms with van der Waals surface area (Å²) in [7, 11) is 0. The van der Waals surface area contributed by atoms with Crippen LogP contribution in [0, 0.1) is 0 Å². The van der Waals surface area contributed by atoms with Gasteiger partial charge in [-0.1, -0.05) is 220 Å². The second kappa shape index (κ2) is 19.9. The summed E-state index contributed by atoms with van der Waals surface area (Å²) < 4.78 is 2.63. The molecular formula is C78H68BN3S. The SMILES string of the molecule is CC(C)(C)c1ccc(N(c2ccc(C(C)(C)C)cc2)c2ccc3c(c2)N(c2ccc(-c4ccc5ccccc5c4)cc2-c2ccccc2)c2cccc4c2B3c2sc3ccc(-c5ccccc5)cc3c2N4c2ccc(C(C)(C)C)cc2)cc1. The van der Waals surface area contributed by atoms with Crippen LogP contribution in [0.3, 0.4) is 0 Å². The standard InChI is InChI=1S/C78H68BN3S/c1-76(2,3)58-31-37-61(38-32-58)80(62-39-33-59(34-40-62)77(4,5)6)64-43-44-67-71(50-64)82(68-45-29-57(48-65(68)53-22-14-11-15-23-53)55-28-27-52-21-16-17-24-54(52)47-55)70-26-18-25-69-73(70)79(67)75-74(81(69)63-41-35-60(36-42-63)78(7,8)9)66-49-56(30-46-72(66)83-75)51-19-12-10-13-20-51/h10-50H,1-9H3. The first kappa shape index (κ1) is 52.2. The summed E-state index contributed by atoms with van der Waals surface area (Å²) in [6, 6.07) is 94.0. The number of benzene rings is 11. The zero-order valence-corrected chi connectivity index (χ0v) is 49.8. The molecule has 0 saturated carbocycles. The van der Waals surface area contributed by atoms with Gasteiger partial charge in [0, 0.05) is 60.2 Å². The lowest BCUT2D eigenvalue weighted by Gasteiger charge is -2.44. The van der Waals surface area contributed by atoms with Crippen LogP contribution < -0.4 is 30.4 Å². The lowest BCUT2D eigenvalue weighted by Crippen LogP contribution is -2.60. The van der Waals surface area contributed by atoms with Crippen molar-refractivity contribution in [1.82, 2.24) is 0 Å². The van der Waals surface area contributed by atoms with Crippen molar-refractivity contribution in [2.75, 3.05) is 14.7 Å². The second-order valence-corrected chi connectivity index (χ2v) is 26.9. The maximum absolute atomic E-state index is 2.61. The molecule has 0 saturated heterocycles. The predicted octanol–water partition coefficient (Wildman–Crippen LogP) is 20.5. The fourth-order valence-corrected chi connectivity index (χ4v) is 14.1. The highest BCUT2D eigenvalue weighted by molar-refractivity contribution is 7.33. The highest BCUT2D eigenvalue weighted by Crippen LogP contribution is 2.51. The smallest absolute Gasteiger partial charge is 0.264 e. The zero-order chi connectivity index (χ0) is 56.9. The van der Waals surface area contributed by atoms with E-state index in [1.807, 2.05) is 11.3 Å². The molecule has 2 aliphatic rings. The van der Waals surface area contributed by atoms with Crippen LogP contribution >= 0.6 is 11.3 Å². The number of thiophene rings is 1. The minimum absolute atomic E-state index is 0.00691. The van der Waals surface area contributed by atoms with Gasteiger partial charge in [0.2, 0.25) is 0 Å². The molecule has 0 spiro atoms. The molecular weight excluding hydrogens is 1020 g/mol. The van der Waals surface area contributed by atoms with Gasteiger partial charge in [0.15, 0.2) is 0 Å². The highest BCUT2D eigenvalue weighted by atomic mass is 32.1. The van der Waals surface area contributed by atoms with E-state index in [-0.39, 0.29) is 23.0 Å².